The maximum atomic E-state index is 12.5. The van der Waals surface area contributed by atoms with Gasteiger partial charge >= 0.3 is 0 Å². The van der Waals surface area contributed by atoms with E-state index in [0.29, 0.717) is 12.3 Å². The van der Waals surface area contributed by atoms with Crippen LogP contribution in [0.15, 0.2) is 36.7 Å². The third-order valence-corrected chi connectivity index (χ3v) is 4.19. The predicted octanol–water partition coefficient (Wildman–Crippen LogP) is 1.76. The zero-order chi connectivity index (χ0) is 17.8. The van der Waals surface area contributed by atoms with Crippen molar-refractivity contribution < 1.29 is 14.3 Å². The van der Waals surface area contributed by atoms with Crippen molar-refractivity contribution in [3.05, 3.63) is 48.0 Å². The molecule has 1 fully saturated rings. The van der Waals surface area contributed by atoms with Crippen LogP contribution in [0.2, 0.25) is 0 Å². The van der Waals surface area contributed by atoms with E-state index in [1.165, 1.54) is 6.92 Å². The van der Waals surface area contributed by atoms with Crippen LogP contribution in [0.4, 0.5) is 5.69 Å². The number of aryl methyl sites for hydroxylation is 1. The van der Waals surface area contributed by atoms with Crippen molar-refractivity contribution in [2.45, 2.75) is 31.9 Å². The molecule has 3 rings (SSSR count). The molecule has 2 aromatic rings. The summed E-state index contributed by atoms with van der Waals surface area (Å²) in [6.07, 6.45) is 4.77. The average Bonchev–Trinajstić information content (AvgIpc) is 3.24. The molecule has 1 aromatic carbocycles. The highest BCUT2D eigenvalue weighted by molar-refractivity contribution is 5.88. The van der Waals surface area contributed by atoms with E-state index in [2.05, 4.69) is 15.6 Å². The molecule has 1 saturated heterocycles. The molecular formula is C18H22N4O3. The molecule has 1 aliphatic heterocycles. The van der Waals surface area contributed by atoms with Gasteiger partial charge in [-0.3, -0.25) is 9.59 Å². The topological polar surface area (TPSA) is 85.2 Å². The lowest BCUT2D eigenvalue weighted by Gasteiger charge is -2.21. The van der Waals surface area contributed by atoms with E-state index in [0.717, 1.165) is 24.2 Å². The van der Waals surface area contributed by atoms with Crippen molar-refractivity contribution in [3.8, 4) is 0 Å². The van der Waals surface area contributed by atoms with Crippen LogP contribution in [-0.4, -0.2) is 34.1 Å². The smallest absolute Gasteiger partial charge is 0.249 e. The fourth-order valence-electron chi connectivity index (χ4n) is 2.93. The molecule has 7 nitrogen and oxygen atoms in total. The van der Waals surface area contributed by atoms with Gasteiger partial charge in [-0.15, -0.1) is 0 Å². The first-order chi connectivity index (χ1) is 12.0. The highest BCUT2D eigenvalue weighted by Crippen LogP contribution is 2.23. The van der Waals surface area contributed by atoms with Crippen molar-refractivity contribution in [3.63, 3.8) is 0 Å². The average molecular weight is 342 g/mol. The number of carbonyl (C=O) groups excluding carboxylic acids is 2. The fraction of sp³-hybridized carbons (Fsp3) is 0.389. The van der Waals surface area contributed by atoms with E-state index in [4.69, 9.17) is 4.74 Å². The largest absolute Gasteiger partial charge is 0.368 e. The molecule has 0 bridgehead atoms. The number of hydrogen-bond donors (Lipinski definition) is 2. The maximum Gasteiger partial charge on any atom is 0.249 e. The van der Waals surface area contributed by atoms with Crippen LogP contribution in [0.3, 0.4) is 0 Å². The Morgan fingerprint density at radius 3 is 2.64 bits per heavy atom. The molecule has 2 heterocycles. The van der Waals surface area contributed by atoms with Crippen LogP contribution in [-0.2, 0) is 21.4 Å². The van der Waals surface area contributed by atoms with Gasteiger partial charge in [0.25, 0.3) is 0 Å². The number of imidazole rings is 1. The van der Waals surface area contributed by atoms with Gasteiger partial charge in [-0.25, -0.2) is 4.98 Å². The van der Waals surface area contributed by atoms with Gasteiger partial charge in [0.1, 0.15) is 18.0 Å². The molecule has 1 aromatic heterocycles. The van der Waals surface area contributed by atoms with Crippen LogP contribution in [0, 0.1) is 0 Å². The minimum absolute atomic E-state index is 0.125. The SMILES string of the molecule is CC(=O)Nc1ccc(C(NC(=O)C2CCCO2)c2nccn2C)cc1. The summed E-state index contributed by atoms with van der Waals surface area (Å²) in [7, 11) is 1.89. The number of rotatable bonds is 5. The lowest BCUT2D eigenvalue weighted by atomic mass is 10.0. The van der Waals surface area contributed by atoms with Crippen molar-refractivity contribution >= 4 is 17.5 Å². The molecule has 0 aliphatic carbocycles. The third kappa shape index (κ3) is 4.06. The molecule has 7 heteroatoms. The Balaban J connectivity index is 1.84. The summed E-state index contributed by atoms with van der Waals surface area (Å²) in [5.74, 6) is 0.482. The quantitative estimate of drug-likeness (QED) is 0.867. The zero-order valence-electron chi connectivity index (χ0n) is 14.4. The summed E-state index contributed by atoms with van der Waals surface area (Å²) in [6, 6.07) is 6.99. The van der Waals surface area contributed by atoms with Crippen LogP contribution < -0.4 is 10.6 Å². The van der Waals surface area contributed by atoms with Crippen LogP contribution >= 0.6 is 0 Å². The number of ether oxygens (including phenoxy) is 1. The fourth-order valence-corrected chi connectivity index (χ4v) is 2.93. The molecule has 25 heavy (non-hydrogen) atoms. The first-order valence-electron chi connectivity index (χ1n) is 8.31. The summed E-state index contributed by atoms with van der Waals surface area (Å²) >= 11 is 0. The van der Waals surface area contributed by atoms with Crippen molar-refractivity contribution in [2.24, 2.45) is 7.05 Å². The molecule has 2 unspecified atom stereocenters. The van der Waals surface area contributed by atoms with Crippen molar-refractivity contribution in [2.75, 3.05) is 11.9 Å². The van der Waals surface area contributed by atoms with Crippen LogP contribution in [0.1, 0.15) is 37.2 Å². The normalized spacial score (nSPS) is 17.9. The van der Waals surface area contributed by atoms with Crippen LogP contribution in [0.25, 0.3) is 0 Å². The van der Waals surface area contributed by atoms with Crippen LogP contribution in [0.5, 0.6) is 0 Å². The van der Waals surface area contributed by atoms with Gasteiger partial charge in [-0.1, -0.05) is 12.1 Å². The van der Waals surface area contributed by atoms with E-state index >= 15 is 0 Å². The number of amides is 2. The number of aromatic nitrogens is 2. The Bertz CT molecular complexity index is 748. The molecule has 2 atom stereocenters. The number of hydrogen-bond acceptors (Lipinski definition) is 4. The Hall–Kier alpha value is -2.67. The number of carbonyl (C=O) groups is 2. The highest BCUT2D eigenvalue weighted by Gasteiger charge is 2.28. The Morgan fingerprint density at radius 1 is 1.32 bits per heavy atom. The lowest BCUT2D eigenvalue weighted by Crippen LogP contribution is -2.38. The lowest BCUT2D eigenvalue weighted by molar-refractivity contribution is -0.130. The van der Waals surface area contributed by atoms with Gasteiger partial charge in [0.05, 0.1) is 0 Å². The summed E-state index contributed by atoms with van der Waals surface area (Å²) in [5.41, 5.74) is 1.59. The van der Waals surface area contributed by atoms with Crippen molar-refractivity contribution in [1.82, 2.24) is 14.9 Å². The molecule has 0 radical (unpaired) electrons. The number of benzene rings is 1. The second kappa shape index (κ2) is 7.48. The Morgan fingerprint density at radius 2 is 2.08 bits per heavy atom. The molecular weight excluding hydrogens is 320 g/mol. The number of anilines is 1. The van der Waals surface area contributed by atoms with Gasteiger partial charge in [-0.05, 0) is 30.5 Å². The van der Waals surface area contributed by atoms with Gasteiger partial charge in [0, 0.05) is 38.7 Å². The third-order valence-electron chi connectivity index (χ3n) is 4.19. The van der Waals surface area contributed by atoms with Gasteiger partial charge in [0.15, 0.2) is 0 Å². The van der Waals surface area contributed by atoms with Gasteiger partial charge in [-0.2, -0.15) is 0 Å². The monoisotopic (exact) mass is 342 g/mol. The second-order valence-corrected chi connectivity index (χ2v) is 6.14. The number of nitrogens with zero attached hydrogens (tertiary/aromatic N) is 2. The van der Waals surface area contributed by atoms with Gasteiger partial charge in [0.2, 0.25) is 11.8 Å². The standard InChI is InChI=1S/C18H22N4O3/c1-12(23)20-14-7-5-13(6-8-14)16(17-19-9-10-22(17)2)21-18(24)15-4-3-11-25-15/h5-10,15-16H,3-4,11H2,1-2H3,(H,20,23)(H,21,24). The first-order valence-corrected chi connectivity index (χ1v) is 8.31. The number of nitrogens with one attached hydrogen (secondary N) is 2. The van der Waals surface area contributed by atoms with E-state index in [9.17, 15) is 9.59 Å². The van der Waals surface area contributed by atoms with E-state index in [1.807, 2.05) is 42.1 Å². The predicted molar refractivity (Wildman–Crippen MR) is 92.9 cm³/mol. The molecule has 132 valence electrons. The Labute approximate surface area is 146 Å². The molecule has 0 spiro atoms. The summed E-state index contributed by atoms with van der Waals surface area (Å²) in [6.45, 7) is 2.09. The van der Waals surface area contributed by atoms with Crippen molar-refractivity contribution in [1.29, 1.82) is 0 Å². The molecule has 2 N–H and O–H groups in total. The van der Waals surface area contributed by atoms with E-state index < -0.39 is 6.10 Å². The van der Waals surface area contributed by atoms with Gasteiger partial charge < -0.3 is 19.9 Å². The summed E-state index contributed by atoms with van der Waals surface area (Å²) in [5, 5.41) is 5.78. The summed E-state index contributed by atoms with van der Waals surface area (Å²) < 4.78 is 7.35. The molecule has 1 aliphatic rings. The van der Waals surface area contributed by atoms with E-state index in [-0.39, 0.29) is 17.9 Å². The van der Waals surface area contributed by atoms with E-state index in [1.54, 1.807) is 6.20 Å². The molecule has 2 amide bonds. The maximum absolute atomic E-state index is 12.5. The first kappa shape index (κ1) is 17.2. The summed E-state index contributed by atoms with van der Waals surface area (Å²) in [4.78, 5) is 28.1. The Kier molecular flexibility index (Phi) is 5.14. The molecule has 0 saturated carbocycles. The second-order valence-electron chi connectivity index (χ2n) is 6.14. The minimum Gasteiger partial charge on any atom is -0.368 e. The minimum atomic E-state index is -0.401. The zero-order valence-corrected chi connectivity index (χ0v) is 14.4. The highest BCUT2D eigenvalue weighted by atomic mass is 16.5.